The van der Waals surface area contributed by atoms with Crippen LogP contribution in [0.4, 0.5) is 0 Å². The smallest absolute Gasteiger partial charge is 0.243 e. The van der Waals surface area contributed by atoms with Crippen LogP contribution in [0.25, 0.3) is 0 Å². The lowest BCUT2D eigenvalue weighted by atomic mass is 9.95. The summed E-state index contributed by atoms with van der Waals surface area (Å²) >= 11 is 0. The average molecular weight is 436 g/mol. The van der Waals surface area contributed by atoms with Gasteiger partial charge in [0.05, 0.1) is 4.90 Å². The highest BCUT2D eigenvalue weighted by Crippen LogP contribution is 2.26. The van der Waals surface area contributed by atoms with Crippen LogP contribution < -0.4 is 5.32 Å². The molecule has 1 aromatic carbocycles. The van der Waals surface area contributed by atoms with Crippen LogP contribution in [0, 0.1) is 12.8 Å². The lowest BCUT2D eigenvalue weighted by molar-refractivity contribution is -0.138. The summed E-state index contributed by atoms with van der Waals surface area (Å²) in [7, 11) is -3.52. The SMILES string of the molecule is CCCC(=O)NC1CCCN(C(=O)C2CCN(S(=O)(=O)c3ccc(C)cc3)CC2)C1. The quantitative estimate of drug-likeness (QED) is 0.743. The molecule has 30 heavy (non-hydrogen) atoms. The fourth-order valence-corrected chi connectivity index (χ4v) is 5.75. The molecular formula is C22H33N3O4S. The molecule has 2 aliphatic rings. The minimum atomic E-state index is -3.52. The van der Waals surface area contributed by atoms with E-state index in [1.54, 1.807) is 24.3 Å². The van der Waals surface area contributed by atoms with Gasteiger partial charge in [-0.3, -0.25) is 9.59 Å². The molecule has 2 saturated heterocycles. The first-order valence-electron chi connectivity index (χ1n) is 11.0. The summed E-state index contributed by atoms with van der Waals surface area (Å²) in [4.78, 5) is 27.1. The third kappa shape index (κ3) is 5.40. The first-order chi connectivity index (χ1) is 14.3. The lowest BCUT2D eigenvalue weighted by Gasteiger charge is -2.37. The van der Waals surface area contributed by atoms with Crippen molar-refractivity contribution >= 4 is 21.8 Å². The third-order valence-corrected chi connectivity index (χ3v) is 7.95. The van der Waals surface area contributed by atoms with Crippen molar-refractivity contribution in [1.29, 1.82) is 0 Å². The Morgan fingerprint density at radius 2 is 1.73 bits per heavy atom. The first-order valence-corrected chi connectivity index (χ1v) is 12.4. The van der Waals surface area contributed by atoms with Crippen molar-refractivity contribution in [2.24, 2.45) is 5.92 Å². The molecule has 2 amide bonds. The van der Waals surface area contributed by atoms with Crippen molar-refractivity contribution in [3.05, 3.63) is 29.8 Å². The van der Waals surface area contributed by atoms with Crippen LogP contribution in [-0.2, 0) is 19.6 Å². The topological polar surface area (TPSA) is 86.8 Å². The molecule has 0 aliphatic carbocycles. The maximum atomic E-state index is 13.0. The van der Waals surface area contributed by atoms with Crippen LogP contribution in [0.5, 0.6) is 0 Å². The number of piperidine rings is 2. The molecule has 2 fully saturated rings. The number of carbonyl (C=O) groups excluding carboxylic acids is 2. The average Bonchev–Trinajstić information content (AvgIpc) is 2.74. The highest BCUT2D eigenvalue weighted by Gasteiger charge is 2.35. The zero-order chi connectivity index (χ0) is 21.7. The van der Waals surface area contributed by atoms with Crippen molar-refractivity contribution < 1.29 is 18.0 Å². The Bertz CT molecular complexity index is 846. The number of aryl methyl sites for hydroxylation is 1. The first kappa shape index (κ1) is 22.7. The van der Waals surface area contributed by atoms with Gasteiger partial charge in [-0.05, 0) is 51.2 Å². The Hall–Kier alpha value is -1.93. The fourth-order valence-electron chi connectivity index (χ4n) is 4.28. The Labute approximate surface area is 179 Å². The number of amides is 2. The summed E-state index contributed by atoms with van der Waals surface area (Å²) in [5.74, 6) is -0.0113. The van der Waals surface area contributed by atoms with E-state index in [2.05, 4.69) is 5.32 Å². The Kier molecular flexibility index (Phi) is 7.52. The van der Waals surface area contributed by atoms with E-state index in [4.69, 9.17) is 0 Å². The summed E-state index contributed by atoms with van der Waals surface area (Å²) < 4.78 is 27.2. The largest absolute Gasteiger partial charge is 0.352 e. The van der Waals surface area contributed by atoms with Gasteiger partial charge in [0.1, 0.15) is 0 Å². The number of nitrogens with zero attached hydrogens (tertiary/aromatic N) is 2. The Balaban J connectivity index is 1.54. The van der Waals surface area contributed by atoms with E-state index >= 15 is 0 Å². The summed E-state index contributed by atoms with van der Waals surface area (Å²) in [6, 6.07) is 6.90. The number of hydrogen-bond acceptors (Lipinski definition) is 4. The zero-order valence-electron chi connectivity index (χ0n) is 18.0. The Morgan fingerprint density at radius 1 is 1.07 bits per heavy atom. The van der Waals surface area contributed by atoms with Crippen LogP contribution in [-0.4, -0.2) is 61.7 Å². The van der Waals surface area contributed by atoms with Gasteiger partial charge >= 0.3 is 0 Å². The lowest BCUT2D eigenvalue weighted by Crippen LogP contribution is -2.52. The van der Waals surface area contributed by atoms with E-state index in [1.807, 2.05) is 18.7 Å². The van der Waals surface area contributed by atoms with Gasteiger partial charge in [0.25, 0.3) is 0 Å². The van der Waals surface area contributed by atoms with E-state index in [-0.39, 0.29) is 23.8 Å². The summed E-state index contributed by atoms with van der Waals surface area (Å²) in [5.41, 5.74) is 1.02. The summed E-state index contributed by atoms with van der Waals surface area (Å²) in [6.07, 6.45) is 4.17. The number of sulfonamides is 1. The molecule has 1 atom stereocenters. The molecule has 0 aromatic heterocycles. The number of hydrogen-bond donors (Lipinski definition) is 1. The molecule has 0 radical (unpaired) electrons. The van der Waals surface area contributed by atoms with Gasteiger partial charge in [-0.2, -0.15) is 4.31 Å². The van der Waals surface area contributed by atoms with E-state index in [1.165, 1.54) is 4.31 Å². The van der Waals surface area contributed by atoms with Crippen LogP contribution in [0.15, 0.2) is 29.2 Å². The van der Waals surface area contributed by atoms with Gasteiger partial charge in [0, 0.05) is 44.6 Å². The number of nitrogens with one attached hydrogen (secondary N) is 1. The fraction of sp³-hybridized carbons (Fsp3) is 0.636. The maximum absolute atomic E-state index is 13.0. The summed E-state index contributed by atoms with van der Waals surface area (Å²) in [5, 5.41) is 3.04. The highest BCUT2D eigenvalue weighted by molar-refractivity contribution is 7.89. The maximum Gasteiger partial charge on any atom is 0.243 e. The minimum Gasteiger partial charge on any atom is -0.352 e. The Morgan fingerprint density at radius 3 is 2.37 bits per heavy atom. The molecule has 0 bridgehead atoms. The second-order valence-electron chi connectivity index (χ2n) is 8.43. The van der Waals surface area contributed by atoms with Crippen molar-refractivity contribution in [3.8, 4) is 0 Å². The van der Waals surface area contributed by atoms with Crippen LogP contribution >= 0.6 is 0 Å². The molecule has 2 aliphatic heterocycles. The molecule has 0 spiro atoms. The van der Waals surface area contributed by atoms with Crippen LogP contribution in [0.3, 0.4) is 0 Å². The summed E-state index contributed by atoms with van der Waals surface area (Å²) in [6.45, 7) is 5.88. The molecule has 8 heteroatoms. The predicted molar refractivity (Wildman–Crippen MR) is 115 cm³/mol. The zero-order valence-corrected chi connectivity index (χ0v) is 18.8. The third-order valence-electron chi connectivity index (χ3n) is 6.04. The standard InChI is InChI=1S/C22H33N3O4S/c1-3-5-21(26)23-19-6-4-13-24(16-19)22(27)18-11-14-25(15-12-18)30(28,29)20-9-7-17(2)8-10-20/h7-10,18-19H,3-6,11-16H2,1-2H3,(H,23,26). The molecule has 1 aromatic rings. The van der Waals surface area contributed by atoms with Gasteiger partial charge in [-0.25, -0.2) is 8.42 Å². The monoisotopic (exact) mass is 435 g/mol. The minimum absolute atomic E-state index is 0.0174. The number of benzene rings is 1. The molecule has 7 nitrogen and oxygen atoms in total. The van der Waals surface area contributed by atoms with E-state index in [0.717, 1.165) is 24.8 Å². The van der Waals surface area contributed by atoms with Crippen molar-refractivity contribution in [2.75, 3.05) is 26.2 Å². The van der Waals surface area contributed by atoms with E-state index in [9.17, 15) is 18.0 Å². The van der Waals surface area contributed by atoms with Gasteiger partial charge in [-0.1, -0.05) is 24.6 Å². The van der Waals surface area contributed by atoms with Crippen LogP contribution in [0.1, 0.15) is 51.0 Å². The highest BCUT2D eigenvalue weighted by atomic mass is 32.2. The van der Waals surface area contributed by atoms with Gasteiger partial charge < -0.3 is 10.2 Å². The van der Waals surface area contributed by atoms with Gasteiger partial charge in [0.15, 0.2) is 0 Å². The molecule has 0 saturated carbocycles. The molecule has 1 unspecified atom stereocenters. The number of likely N-dealkylation sites (tertiary alicyclic amines) is 1. The van der Waals surface area contributed by atoms with Crippen molar-refractivity contribution in [1.82, 2.24) is 14.5 Å². The molecular weight excluding hydrogens is 402 g/mol. The van der Waals surface area contributed by atoms with Gasteiger partial charge in [-0.15, -0.1) is 0 Å². The molecule has 166 valence electrons. The molecule has 1 N–H and O–H groups in total. The predicted octanol–water partition coefficient (Wildman–Crippen LogP) is 2.30. The number of rotatable bonds is 6. The van der Waals surface area contributed by atoms with Crippen molar-refractivity contribution in [3.63, 3.8) is 0 Å². The molecule has 2 heterocycles. The van der Waals surface area contributed by atoms with E-state index < -0.39 is 10.0 Å². The van der Waals surface area contributed by atoms with Crippen LogP contribution in [0.2, 0.25) is 0 Å². The second-order valence-corrected chi connectivity index (χ2v) is 10.4. The normalized spacial score (nSPS) is 21.4. The van der Waals surface area contributed by atoms with E-state index in [0.29, 0.717) is 50.3 Å². The number of carbonyl (C=O) groups is 2. The second kappa shape index (κ2) is 9.92. The van der Waals surface area contributed by atoms with Crippen molar-refractivity contribution in [2.45, 2.75) is 63.3 Å². The van der Waals surface area contributed by atoms with Gasteiger partial charge in [0.2, 0.25) is 21.8 Å². The molecule has 3 rings (SSSR count).